The van der Waals surface area contributed by atoms with Crippen LogP contribution in [0.3, 0.4) is 0 Å². The van der Waals surface area contributed by atoms with E-state index in [0.29, 0.717) is 11.3 Å². The molecule has 0 radical (unpaired) electrons. The zero-order valence-corrected chi connectivity index (χ0v) is 10.2. The van der Waals surface area contributed by atoms with Crippen LogP contribution in [0.4, 0.5) is 4.39 Å². The lowest BCUT2D eigenvalue weighted by molar-refractivity contribution is 0.103. The highest BCUT2D eigenvalue weighted by molar-refractivity contribution is 6.10. The zero-order chi connectivity index (χ0) is 13.7. The molecule has 96 valence electrons. The van der Waals surface area contributed by atoms with E-state index in [1.807, 2.05) is 0 Å². The van der Waals surface area contributed by atoms with Crippen LogP contribution in [0.5, 0.6) is 5.75 Å². The molecule has 0 spiro atoms. The van der Waals surface area contributed by atoms with Gasteiger partial charge in [-0.2, -0.15) is 0 Å². The first-order valence-electron chi connectivity index (χ1n) is 5.70. The van der Waals surface area contributed by atoms with Gasteiger partial charge in [-0.25, -0.2) is 4.39 Å². The van der Waals surface area contributed by atoms with Crippen molar-refractivity contribution in [2.45, 2.75) is 0 Å². The topological polar surface area (TPSA) is 39.2 Å². The van der Waals surface area contributed by atoms with Crippen molar-refractivity contribution in [3.05, 3.63) is 72.3 Å². The summed E-state index contributed by atoms with van der Waals surface area (Å²) in [6, 6.07) is 7.11. The summed E-state index contributed by atoms with van der Waals surface area (Å²) in [5.74, 6) is -0.486. The summed E-state index contributed by atoms with van der Waals surface area (Å²) in [6.07, 6.45) is 4.56. The second kappa shape index (κ2) is 5.91. The Kier molecular flexibility index (Phi) is 4.03. The number of aromatic nitrogens is 1. The van der Waals surface area contributed by atoms with Gasteiger partial charge < -0.3 is 4.74 Å². The van der Waals surface area contributed by atoms with Crippen LogP contribution in [0, 0.1) is 5.82 Å². The predicted octanol–water partition coefficient (Wildman–Crippen LogP) is 3.02. The van der Waals surface area contributed by atoms with Crippen LogP contribution in [0.25, 0.3) is 0 Å². The molecule has 0 aliphatic heterocycles. The Bertz CT molecular complexity index is 596. The van der Waals surface area contributed by atoms with Crippen molar-refractivity contribution in [2.75, 3.05) is 6.61 Å². The molecule has 0 saturated carbocycles. The molecule has 0 amide bonds. The van der Waals surface area contributed by atoms with Crippen molar-refractivity contribution >= 4 is 5.78 Å². The number of ketones is 1. The minimum Gasteiger partial charge on any atom is -0.489 e. The summed E-state index contributed by atoms with van der Waals surface area (Å²) in [4.78, 5) is 16.1. The molecule has 3 nitrogen and oxygen atoms in total. The number of carbonyl (C=O) groups excluding carboxylic acids is 1. The average Bonchev–Trinajstić information content (AvgIpc) is 2.46. The Labute approximate surface area is 110 Å². The number of hydrogen-bond acceptors (Lipinski definition) is 3. The molecule has 1 aromatic heterocycles. The molecule has 0 fully saturated rings. The van der Waals surface area contributed by atoms with Gasteiger partial charge in [-0.3, -0.25) is 9.78 Å². The van der Waals surface area contributed by atoms with Gasteiger partial charge in [-0.05, 0) is 30.3 Å². The Morgan fingerprint density at radius 2 is 2.26 bits per heavy atom. The van der Waals surface area contributed by atoms with Gasteiger partial charge in [0.05, 0.1) is 5.56 Å². The van der Waals surface area contributed by atoms with Gasteiger partial charge in [0, 0.05) is 18.0 Å². The standard InChI is InChI=1S/C15H12FNO2/c1-2-8-19-14-6-5-12(16)9-13(14)15(18)11-4-3-7-17-10-11/h2-7,9-10H,1,8H2. The van der Waals surface area contributed by atoms with Gasteiger partial charge in [0.25, 0.3) is 0 Å². The van der Waals surface area contributed by atoms with Crippen LogP contribution in [0.15, 0.2) is 55.4 Å². The van der Waals surface area contributed by atoms with Crippen molar-refractivity contribution < 1.29 is 13.9 Å². The summed E-state index contributed by atoms with van der Waals surface area (Å²) in [5.41, 5.74) is 0.561. The van der Waals surface area contributed by atoms with E-state index in [1.54, 1.807) is 24.4 Å². The molecule has 0 bridgehead atoms. The van der Waals surface area contributed by atoms with E-state index in [9.17, 15) is 9.18 Å². The highest BCUT2D eigenvalue weighted by atomic mass is 19.1. The van der Waals surface area contributed by atoms with Gasteiger partial charge >= 0.3 is 0 Å². The maximum Gasteiger partial charge on any atom is 0.198 e. The highest BCUT2D eigenvalue weighted by Crippen LogP contribution is 2.22. The predicted molar refractivity (Wildman–Crippen MR) is 69.8 cm³/mol. The van der Waals surface area contributed by atoms with Crippen LogP contribution in [0.1, 0.15) is 15.9 Å². The summed E-state index contributed by atoms with van der Waals surface area (Å²) in [7, 11) is 0. The molecule has 2 aromatic rings. The molecule has 0 aliphatic carbocycles. The molecule has 0 atom stereocenters. The second-order valence-corrected chi connectivity index (χ2v) is 3.81. The number of benzene rings is 1. The largest absolute Gasteiger partial charge is 0.489 e. The molecule has 2 rings (SSSR count). The number of carbonyl (C=O) groups is 1. The van der Waals surface area contributed by atoms with Crippen molar-refractivity contribution in [2.24, 2.45) is 0 Å². The zero-order valence-electron chi connectivity index (χ0n) is 10.2. The molecule has 0 saturated heterocycles. The minimum atomic E-state index is -0.488. The lowest BCUT2D eigenvalue weighted by atomic mass is 10.0. The summed E-state index contributed by atoms with van der Waals surface area (Å²) >= 11 is 0. The SMILES string of the molecule is C=CCOc1ccc(F)cc1C(=O)c1cccnc1. The monoisotopic (exact) mass is 257 g/mol. The molecule has 19 heavy (non-hydrogen) atoms. The van der Waals surface area contributed by atoms with Crippen LogP contribution >= 0.6 is 0 Å². The normalized spacial score (nSPS) is 9.95. The molecule has 4 heteroatoms. The second-order valence-electron chi connectivity index (χ2n) is 3.81. The first-order valence-corrected chi connectivity index (χ1v) is 5.70. The van der Waals surface area contributed by atoms with E-state index in [0.717, 1.165) is 6.07 Å². The average molecular weight is 257 g/mol. The third-order valence-corrected chi connectivity index (χ3v) is 2.47. The quantitative estimate of drug-likeness (QED) is 0.610. The maximum atomic E-state index is 13.3. The fourth-order valence-electron chi connectivity index (χ4n) is 1.61. The molecule has 0 aliphatic rings. The summed E-state index contributed by atoms with van der Waals surface area (Å²) < 4.78 is 18.7. The maximum absolute atomic E-state index is 13.3. The highest BCUT2D eigenvalue weighted by Gasteiger charge is 2.15. The van der Waals surface area contributed by atoms with E-state index in [2.05, 4.69) is 11.6 Å². The van der Waals surface area contributed by atoms with E-state index in [-0.39, 0.29) is 18.0 Å². The molecular formula is C15H12FNO2. The number of nitrogens with zero attached hydrogens (tertiary/aromatic N) is 1. The van der Waals surface area contributed by atoms with Crippen molar-refractivity contribution in [1.29, 1.82) is 0 Å². The van der Waals surface area contributed by atoms with Crippen LogP contribution in [-0.4, -0.2) is 17.4 Å². The Morgan fingerprint density at radius 1 is 1.42 bits per heavy atom. The first kappa shape index (κ1) is 13.0. The van der Waals surface area contributed by atoms with Gasteiger partial charge in [0.1, 0.15) is 18.2 Å². The smallest absolute Gasteiger partial charge is 0.198 e. The molecule has 0 unspecified atom stereocenters. The molecule has 0 N–H and O–H groups in total. The molecule has 1 aromatic carbocycles. The Balaban J connectivity index is 2.39. The van der Waals surface area contributed by atoms with E-state index >= 15 is 0 Å². The van der Waals surface area contributed by atoms with Crippen molar-refractivity contribution in [1.82, 2.24) is 4.98 Å². The third-order valence-electron chi connectivity index (χ3n) is 2.47. The Morgan fingerprint density at radius 3 is 2.95 bits per heavy atom. The lowest BCUT2D eigenvalue weighted by Crippen LogP contribution is -2.06. The molecular weight excluding hydrogens is 245 g/mol. The van der Waals surface area contributed by atoms with Crippen LogP contribution < -0.4 is 4.74 Å². The number of ether oxygens (including phenoxy) is 1. The Hall–Kier alpha value is -2.49. The fourth-order valence-corrected chi connectivity index (χ4v) is 1.61. The van der Waals surface area contributed by atoms with E-state index < -0.39 is 5.82 Å². The fraction of sp³-hybridized carbons (Fsp3) is 0.0667. The molecule has 1 heterocycles. The first-order chi connectivity index (χ1) is 9.22. The van der Waals surface area contributed by atoms with Gasteiger partial charge in [0.15, 0.2) is 5.78 Å². The minimum absolute atomic E-state index is 0.176. The van der Waals surface area contributed by atoms with Crippen molar-refractivity contribution in [3.8, 4) is 5.75 Å². The van der Waals surface area contributed by atoms with Crippen LogP contribution in [0.2, 0.25) is 0 Å². The number of pyridine rings is 1. The summed E-state index contributed by atoms with van der Waals surface area (Å²) in [6.45, 7) is 3.78. The number of hydrogen-bond donors (Lipinski definition) is 0. The lowest BCUT2D eigenvalue weighted by Gasteiger charge is -2.09. The van der Waals surface area contributed by atoms with E-state index in [1.165, 1.54) is 18.3 Å². The van der Waals surface area contributed by atoms with E-state index in [4.69, 9.17) is 4.74 Å². The third kappa shape index (κ3) is 3.04. The van der Waals surface area contributed by atoms with Gasteiger partial charge in [0.2, 0.25) is 0 Å². The van der Waals surface area contributed by atoms with Gasteiger partial charge in [-0.1, -0.05) is 12.7 Å². The van der Waals surface area contributed by atoms with Gasteiger partial charge in [-0.15, -0.1) is 0 Å². The summed E-state index contributed by atoms with van der Waals surface area (Å²) in [5, 5.41) is 0. The number of halogens is 1. The van der Waals surface area contributed by atoms with Crippen LogP contribution in [-0.2, 0) is 0 Å². The van der Waals surface area contributed by atoms with Crippen molar-refractivity contribution in [3.63, 3.8) is 0 Å². The number of rotatable bonds is 5.